The molecule has 3 aliphatic rings. The number of hydrogen-bond donors (Lipinski definition) is 2. The summed E-state index contributed by atoms with van der Waals surface area (Å²) in [5, 5.41) is 24.8. The highest BCUT2D eigenvalue weighted by molar-refractivity contribution is 6.04. The van der Waals surface area contributed by atoms with Crippen LogP contribution in [-0.4, -0.2) is 30.4 Å². The number of rotatable bonds is 4. The molecule has 0 spiro atoms. The monoisotopic (exact) mass is 429 g/mol. The van der Waals surface area contributed by atoms with E-state index in [1.807, 2.05) is 13.8 Å². The lowest BCUT2D eigenvalue weighted by Crippen LogP contribution is -2.39. The maximum absolute atomic E-state index is 13.3. The van der Waals surface area contributed by atoms with Gasteiger partial charge in [0, 0.05) is 29.5 Å². The van der Waals surface area contributed by atoms with Gasteiger partial charge in [0.1, 0.15) is 0 Å². The smallest absolute Gasteiger partial charge is 0.336 e. The predicted molar refractivity (Wildman–Crippen MR) is 110 cm³/mol. The highest BCUT2D eigenvalue weighted by Crippen LogP contribution is 2.51. The number of ether oxygens (including phenoxy) is 3. The fraction of sp³-hybridized carbons (Fsp3) is 0.455. The molecule has 9 heteroatoms. The standard InChI is InChI=1S/C22H25N2O7/c1-5-29-21(26)18-11(2)23-13-8-22(3,4)9-15(25)20(13)19(18)12-6-16-17(31-10-30-16)7-14(12)24(27)28/h6-7,19,23,27H,5,8-10H2,1-4H3/q-1. The number of ketones is 1. The Morgan fingerprint density at radius 3 is 2.65 bits per heavy atom. The van der Waals surface area contributed by atoms with E-state index in [-0.39, 0.29) is 46.6 Å². The van der Waals surface area contributed by atoms with Crippen molar-refractivity contribution in [2.24, 2.45) is 5.41 Å². The fourth-order valence-electron chi connectivity index (χ4n) is 4.57. The van der Waals surface area contributed by atoms with E-state index in [0.717, 1.165) is 0 Å². The van der Waals surface area contributed by atoms with E-state index in [1.54, 1.807) is 19.9 Å². The molecular weight excluding hydrogens is 404 g/mol. The van der Waals surface area contributed by atoms with Crippen LogP contribution in [0, 0.1) is 10.6 Å². The molecule has 0 amide bonds. The molecule has 0 fully saturated rings. The largest absolute Gasteiger partial charge is 0.733 e. The van der Waals surface area contributed by atoms with E-state index in [0.29, 0.717) is 41.3 Å². The Kier molecular flexibility index (Phi) is 5.18. The number of fused-ring (bicyclic) bond motifs is 1. The van der Waals surface area contributed by atoms with Crippen molar-refractivity contribution in [1.29, 1.82) is 0 Å². The first-order valence-corrected chi connectivity index (χ1v) is 10.1. The van der Waals surface area contributed by atoms with Gasteiger partial charge in [-0.05, 0) is 37.3 Å². The molecule has 4 rings (SSSR count). The van der Waals surface area contributed by atoms with Crippen molar-refractivity contribution < 1.29 is 29.0 Å². The first kappa shape index (κ1) is 21.2. The zero-order valence-corrected chi connectivity index (χ0v) is 17.9. The lowest BCUT2D eigenvalue weighted by atomic mass is 9.68. The summed E-state index contributed by atoms with van der Waals surface area (Å²) in [7, 11) is 0. The summed E-state index contributed by atoms with van der Waals surface area (Å²) in [6.07, 6.45) is 0.886. The van der Waals surface area contributed by atoms with Crippen LogP contribution in [0.3, 0.4) is 0 Å². The van der Waals surface area contributed by atoms with Crippen LogP contribution in [0.5, 0.6) is 11.5 Å². The van der Waals surface area contributed by atoms with Gasteiger partial charge in [-0.3, -0.25) is 10.0 Å². The second-order valence-electron chi connectivity index (χ2n) is 8.69. The number of carbonyl (C=O) groups is 2. The van der Waals surface area contributed by atoms with Crippen molar-refractivity contribution in [3.63, 3.8) is 0 Å². The summed E-state index contributed by atoms with van der Waals surface area (Å²) < 4.78 is 16.1. The van der Waals surface area contributed by atoms with Crippen molar-refractivity contribution in [3.05, 3.63) is 45.4 Å². The van der Waals surface area contributed by atoms with E-state index in [1.165, 1.54) is 6.07 Å². The predicted octanol–water partition coefficient (Wildman–Crippen LogP) is 3.28. The molecule has 0 bridgehead atoms. The Bertz CT molecular complexity index is 1020. The lowest BCUT2D eigenvalue weighted by Gasteiger charge is -2.40. The molecule has 0 saturated heterocycles. The molecule has 1 aromatic carbocycles. The van der Waals surface area contributed by atoms with Gasteiger partial charge >= 0.3 is 5.97 Å². The number of allylic oxidation sites excluding steroid dienone is 3. The van der Waals surface area contributed by atoms with Gasteiger partial charge in [-0.2, -0.15) is 0 Å². The number of dihydropyridines is 1. The number of nitrogens with zero attached hydrogens (tertiary/aromatic N) is 1. The molecule has 1 aromatic rings. The Labute approximate surface area is 179 Å². The molecule has 2 aliphatic heterocycles. The van der Waals surface area contributed by atoms with E-state index < -0.39 is 11.9 Å². The molecule has 1 aliphatic carbocycles. The second kappa shape index (κ2) is 7.58. The number of carbonyl (C=O) groups excluding carboxylic acids is 2. The maximum atomic E-state index is 13.3. The Morgan fingerprint density at radius 1 is 1.32 bits per heavy atom. The van der Waals surface area contributed by atoms with Crippen LogP contribution in [0.25, 0.3) is 0 Å². The molecule has 1 unspecified atom stereocenters. The van der Waals surface area contributed by atoms with Crippen LogP contribution in [0.15, 0.2) is 34.7 Å². The summed E-state index contributed by atoms with van der Waals surface area (Å²) in [4.78, 5) is 26.2. The summed E-state index contributed by atoms with van der Waals surface area (Å²) in [5.74, 6) is -0.957. The molecular formula is C22H25N2O7-. The van der Waals surface area contributed by atoms with E-state index in [4.69, 9.17) is 14.2 Å². The van der Waals surface area contributed by atoms with Gasteiger partial charge in [0.15, 0.2) is 17.3 Å². The topological polar surface area (TPSA) is 120 Å². The molecule has 31 heavy (non-hydrogen) atoms. The number of nitrogens with one attached hydrogen (secondary N) is 1. The van der Waals surface area contributed by atoms with Gasteiger partial charge in [0.25, 0.3) is 0 Å². The SMILES string of the molecule is CCOC(=O)C1=C(C)NC2=C(C(=O)CC(C)(C)C2)C1c1cc2c(cc1N([O-])O)OCO2. The first-order chi connectivity index (χ1) is 14.6. The minimum atomic E-state index is -0.896. The number of anilines is 1. The van der Waals surface area contributed by atoms with Crippen LogP contribution in [-0.2, 0) is 14.3 Å². The van der Waals surface area contributed by atoms with Crippen LogP contribution < -0.4 is 20.0 Å². The van der Waals surface area contributed by atoms with Crippen molar-refractivity contribution in [3.8, 4) is 11.5 Å². The van der Waals surface area contributed by atoms with Gasteiger partial charge in [-0.25, -0.2) is 4.79 Å². The average Bonchev–Trinajstić information content (AvgIpc) is 3.12. The van der Waals surface area contributed by atoms with Gasteiger partial charge in [-0.15, -0.1) is 0 Å². The minimum Gasteiger partial charge on any atom is -0.733 e. The molecule has 1 atom stereocenters. The Balaban J connectivity index is 1.96. The normalized spacial score (nSPS) is 21.6. The van der Waals surface area contributed by atoms with Crippen molar-refractivity contribution in [2.75, 3.05) is 18.6 Å². The van der Waals surface area contributed by atoms with E-state index >= 15 is 0 Å². The van der Waals surface area contributed by atoms with E-state index in [9.17, 15) is 20.0 Å². The van der Waals surface area contributed by atoms with Gasteiger partial charge < -0.3 is 30.0 Å². The Morgan fingerprint density at radius 2 is 2.00 bits per heavy atom. The molecule has 0 aromatic heterocycles. The molecule has 2 heterocycles. The van der Waals surface area contributed by atoms with Crippen LogP contribution in [0.1, 0.15) is 52.0 Å². The molecule has 0 radical (unpaired) electrons. The molecule has 166 valence electrons. The zero-order chi connectivity index (χ0) is 22.5. The summed E-state index contributed by atoms with van der Waals surface area (Å²) >= 11 is 0. The van der Waals surface area contributed by atoms with E-state index in [2.05, 4.69) is 5.32 Å². The molecule has 0 saturated carbocycles. The van der Waals surface area contributed by atoms with Crippen molar-refractivity contribution in [1.82, 2.24) is 5.32 Å². The lowest BCUT2D eigenvalue weighted by molar-refractivity contribution is -0.138. The molecule has 2 N–H and O–H groups in total. The number of hydrogen-bond acceptors (Lipinski definition) is 9. The quantitative estimate of drug-likeness (QED) is 0.549. The molecule has 9 nitrogen and oxygen atoms in total. The summed E-state index contributed by atoms with van der Waals surface area (Å²) in [6, 6.07) is 2.89. The summed E-state index contributed by atoms with van der Waals surface area (Å²) in [6.45, 7) is 7.55. The highest BCUT2D eigenvalue weighted by Gasteiger charge is 2.44. The third-order valence-corrected chi connectivity index (χ3v) is 5.77. The number of benzene rings is 1. The van der Waals surface area contributed by atoms with Gasteiger partial charge in [0.2, 0.25) is 6.79 Å². The fourth-order valence-corrected chi connectivity index (χ4v) is 4.57. The average molecular weight is 429 g/mol. The first-order valence-electron chi connectivity index (χ1n) is 10.1. The van der Waals surface area contributed by atoms with Gasteiger partial charge in [0.05, 0.1) is 23.8 Å². The van der Waals surface area contributed by atoms with Crippen molar-refractivity contribution >= 4 is 17.4 Å². The maximum Gasteiger partial charge on any atom is 0.336 e. The highest BCUT2D eigenvalue weighted by atomic mass is 16.8. The Hall–Kier alpha value is -3.04. The van der Waals surface area contributed by atoms with Crippen molar-refractivity contribution in [2.45, 2.75) is 46.5 Å². The second-order valence-corrected chi connectivity index (χ2v) is 8.69. The van der Waals surface area contributed by atoms with Gasteiger partial charge in [-0.1, -0.05) is 13.8 Å². The zero-order valence-electron chi connectivity index (χ0n) is 17.9. The number of esters is 1. The minimum absolute atomic E-state index is 0.0323. The number of Topliss-reactive ketones (excluding diaryl/α,β-unsaturated/α-hetero) is 1. The van der Waals surface area contributed by atoms with Crippen LogP contribution in [0.4, 0.5) is 5.69 Å². The third kappa shape index (κ3) is 3.64. The van der Waals surface area contributed by atoms with Crippen LogP contribution >= 0.6 is 0 Å². The third-order valence-electron chi connectivity index (χ3n) is 5.77. The summed E-state index contributed by atoms with van der Waals surface area (Å²) in [5.41, 5.74) is 1.74. The van der Waals surface area contributed by atoms with Crippen LogP contribution in [0.2, 0.25) is 0 Å².